The van der Waals surface area contributed by atoms with Crippen LogP contribution in [0.25, 0.3) is 0 Å². The largest absolute Gasteiger partial charge is 0.481 e. The van der Waals surface area contributed by atoms with Gasteiger partial charge in [-0.05, 0) is 18.7 Å². The molecule has 3 nitrogen and oxygen atoms in total. The van der Waals surface area contributed by atoms with E-state index in [9.17, 15) is 4.79 Å². The number of halogens is 2. The second-order valence-electron chi connectivity index (χ2n) is 3.23. The maximum absolute atomic E-state index is 10.4. The molecule has 0 saturated carbocycles. The molecule has 6 heteroatoms. The third kappa shape index (κ3) is 4.38. The van der Waals surface area contributed by atoms with Gasteiger partial charge >= 0.3 is 5.97 Å². The van der Waals surface area contributed by atoms with Crippen LogP contribution in [0.3, 0.4) is 0 Å². The summed E-state index contributed by atoms with van der Waals surface area (Å²) < 4.78 is 1.32. The van der Waals surface area contributed by atoms with Gasteiger partial charge in [0.05, 0.1) is 15.1 Å². The molecule has 1 aromatic rings. The van der Waals surface area contributed by atoms with Crippen molar-refractivity contribution in [2.75, 3.05) is 13.6 Å². The molecule has 0 atom stereocenters. The Morgan fingerprint density at radius 2 is 2.27 bits per heavy atom. The van der Waals surface area contributed by atoms with E-state index in [1.165, 1.54) is 11.3 Å². The molecule has 1 N–H and O–H groups in total. The molecule has 1 heterocycles. The van der Waals surface area contributed by atoms with Crippen LogP contribution in [-0.2, 0) is 11.3 Å². The zero-order valence-electron chi connectivity index (χ0n) is 8.17. The third-order valence-corrected chi connectivity index (χ3v) is 3.44. The molecule has 0 spiro atoms. The Morgan fingerprint density at radius 3 is 2.73 bits per heavy atom. The summed E-state index contributed by atoms with van der Waals surface area (Å²) in [6.45, 7) is 1.12. The highest BCUT2D eigenvalue weighted by Gasteiger charge is 2.09. The summed E-state index contributed by atoms with van der Waals surface area (Å²) in [6, 6.07) is 1.81. The summed E-state index contributed by atoms with van der Waals surface area (Å²) in [5.41, 5.74) is 0.944. The number of aliphatic carboxylic acids is 1. The number of thiophene rings is 1. The monoisotopic (exact) mass is 267 g/mol. The van der Waals surface area contributed by atoms with E-state index in [-0.39, 0.29) is 6.42 Å². The number of nitrogens with zero attached hydrogens (tertiary/aromatic N) is 1. The predicted octanol–water partition coefficient (Wildman–Crippen LogP) is 2.96. The van der Waals surface area contributed by atoms with Crippen LogP contribution in [-0.4, -0.2) is 29.6 Å². The maximum atomic E-state index is 10.4. The molecule has 0 fully saturated rings. The summed E-state index contributed by atoms with van der Waals surface area (Å²) in [5.74, 6) is -0.795. The molecule has 15 heavy (non-hydrogen) atoms. The first-order valence-electron chi connectivity index (χ1n) is 4.33. The minimum Gasteiger partial charge on any atom is -0.481 e. The highest BCUT2D eigenvalue weighted by Crippen LogP contribution is 2.31. The second kappa shape index (κ2) is 5.70. The van der Waals surface area contributed by atoms with E-state index >= 15 is 0 Å². The maximum Gasteiger partial charge on any atom is 0.304 e. The van der Waals surface area contributed by atoms with E-state index in [0.717, 1.165) is 5.56 Å². The Labute approximate surface area is 102 Å². The number of carbonyl (C=O) groups is 1. The topological polar surface area (TPSA) is 40.5 Å². The second-order valence-corrected chi connectivity index (χ2v) is 5.52. The van der Waals surface area contributed by atoms with Crippen LogP contribution in [0.15, 0.2) is 6.07 Å². The number of carboxylic acid groups (broad SMARTS) is 1. The van der Waals surface area contributed by atoms with E-state index in [1.807, 2.05) is 18.0 Å². The fourth-order valence-electron chi connectivity index (χ4n) is 1.14. The zero-order valence-corrected chi connectivity index (χ0v) is 10.5. The molecular weight excluding hydrogens is 257 g/mol. The smallest absolute Gasteiger partial charge is 0.304 e. The Balaban J connectivity index is 2.47. The fraction of sp³-hybridized carbons (Fsp3) is 0.444. The van der Waals surface area contributed by atoms with Crippen molar-refractivity contribution in [1.82, 2.24) is 4.90 Å². The minimum atomic E-state index is -0.795. The van der Waals surface area contributed by atoms with Gasteiger partial charge in [-0.2, -0.15) is 0 Å². The van der Waals surface area contributed by atoms with Gasteiger partial charge in [-0.25, -0.2) is 0 Å². The predicted molar refractivity (Wildman–Crippen MR) is 62.9 cm³/mol. The van der Waals surface area contributed by atoms with Gasteiger partial charge in [0.1, 0.15) is 0 Å². The van der Waals surface area contributed by atoms with E-state index in [0.29, 0.717) is 21.8 Å². The first kappa shape index (κ1) is 12.8. The van der Waals surface area contributed by atoms with Crippen molar-refractivity contribution >= 4 is 40.5 Å². The lowest BCUT2D eigenvalue weighted by molar-refractivity contribution is -0.137. The molecule has 0 aliphatic rings. The van der Waals surface area contributed by atoms with Crippen molar-refractivity contribution in [3.63, 3.8) is 0 Å². The van der Waals surface area contributed by atoms with Crippen molar-refractivity contribution in [1.29, 1.82) is 0 Å². The molecule has 0 saturated heterocycles. The average molecular weight is 268 g/mol. The van der Waals surface area contributed by atoms with Crippen molar-refractivity contribution in [3.8, 4) is 0 Å². The fourth-order valence-corrected chi connectivity index (χ4v) is 2.61. The first-order valence-corrected chi connectivity index (χ1v) is 5.90. The van der Waals surface area contributed by atoms with Gasteiger partial charge in [0, 0.05) is 13.1 Å². The molecule has 84 valence electrons. The normalized spacial score (nSPS) is 10.9. The molecule has 0 aromatic carbocycles. The number of hydrogen-bond donors (Lipinski definition) is 1. The zero-order chi connectivity index (χ0) is 11.4. The van der Waals surface area contributed by atoms with Crippen molar-refractivity contribution in [3.05, 3.63) is 20.3 Å². The van der Waals surface area contributed by atoms with E-state index in [1.54, 1.807) is 0 Å². The van der Waals surface area contributed by atoms with Gasteiger partial charge < -0.3 is 10.0 Å². The van der Waals surface area contributed by atoms with Gasteiger partial charge in [0.25, 0.3) is 0 Å². The Morgan fingerprint density at radius 1 is 1.60 bits per heavy atom. The highest BCUT2D eigenvalue weighted by molar-refractivity contribution is 7.20. The molecular formula is C9H11Cl2NO2S. The Bertz CT molecular complexity index is 354. The Kier molecular flexibility index (Phi) is 4.86. The van der Waals surface area contributed by atoms with Crippen LogP contribution in [0.2, 0.25) is 8.67 Å². The lowest BCUT2D eigenvalue weighted by Crippen LogP contribution is -2.21. The van der Waals surface area contributed by atoms with Gasteiger partial charge in [-0.15, -0.1) is 11.3 Å². The van der Waals surface area contributed by atoms with Gasteiger partial charge in [0.15, 0.2) is 0 Å². The van der Waals surface area contributed by atoms with Crippen LogP contribution in [0.5, 0.6) is 0 Å². The van der Waals surface area contributed by atoms with E-state index in [2.05, 4.69) is 0 Å². The lowest BCUT2D eigenvalue weighted by Gasteiger charge is -2.14. The van der Waals surface area contributed by atoms with Crippen molar-refractivity contribution in [2.24, 2.45) is 0 Å². The van der Waals surface area contributed by atoms with E-state index < -0.39 is 5.97 Å². The van der Waals surface area contributed by atoms with Crippen LogP contribution >= 0.6 is 34.5 Å². The van der Waals surface area contributed by atoms with Gasteiger partial charge in [0.2, 0.25) is 0 Å². The summed E-state index contributed by atoms with van der Waals surface area (Å²) >= 11 is 13.1. The highest BCUT2D eigenvalue weighted by atomic mass is 35.5. The molecule has 0 unspecified atom stereocenters. The Hall–Kier alpha value is -0.290. The standard InChI is InChI=1S/C9H11Cl2NO2S/c1-12(3-2-8(13)14)5-6-4-7(10)15-9(6)11/h4H,2-3,5H2,1H3,(H,13,14). The summed E-state index contributed by atoms with van der Waals surface area (Å²) in [7, 11) is 1.85. The van der Waals surface area contributed by atoms with E-state index in [4.69, 9.17) is 28.3 Å². The SMILES string of the molecule is CN(CCC(=O)O)Cc1cc(Cl)sc1Cl. The van der Waals surface area contributed by atoms with Gasteiger partial charge in [-0.3, -0.25) is 4.79 Å². The number of carboxylic acids is 1. The molecule has 0 amide bonds. The van der Waals surface area contributed by atoms with Crippen LogP contribution in [0.4, 0.5) is 0 Å². The molecule has 0 radical (unpaired) electrons. The van der Waals surface area contributed by atoms with Crippen LogP contribution in [0, 0.1) is 0 Å². The van der Waals surface area contributed by atoms with Crippen molar-refractivity contribution in [2.45, 2.75) is 13.0 Å². The quantitative estimate of drug-likeness (QED) is 0.892. The number of hydrogen-bond acceptors (Lipinski definition) is 3. The average Bonchev–Trinajstić information content (AvgIpc) is 2.42. The van der Waals surface area contributed by atoms with Crippen molar-refractivity contribution < 1.29 is 9.90 Å². The molecule has 1 aromatic heterocycles. The third-order valence-electron chi connectivity index (χ3n) is 1.87. The summed E-state index contributed by atoms with van der Waals surface area (Å²) in [4.78, 5) is 12.3. The van der Waals surface area contributed by atoms with Crippen LogP contribution < -0.4 is 0 Å². The molecule has 0 aliphatic heterocycles. The molecule has 0 bridgehead atoms. The summed E-state index contributed by atoms with van der Waals surface area (Å²) in [5, 5.41) is 8.52. The minimum absolute atomic E-state index is 0.131. The lowest BCUT2D eigenvalue weighted by atomic mass is 10.3. The van der Waals surface area contributed by atoms with Gasteiger partial charge in [-0.1, -0.05) is 23.2 Å². The van der Waals surface area contributed by atoms with Crippen LogP contribution in [0.1, 0.15) is 12.0 Å². The number of rotatable bonds is 5. The molecule has 1 rings (SSSR count). The first-order chi connectivity index (χ1) is 6.99. The molecule has 0 aliphatic carbocycles. The summed E-state index contributed by atoms with van der Waals surface area (Å²) in [6.07, 6.45) is 0.131.